The summed E-state index contributed by atoms with van der Waals surface area (Å²) in [6.45, 7) is 0. The van der Waals surface area contributed by atoms with Gasteiger partial charge >= 0.3 is 0 Å². The molecule has 0 spiro atoms. The average Bonchev–Trinajstić information content (AvgIpc) is 2.10. The number of phenols is 1. The van der Waals surface area contributed by atoms with E-state index < -0.39 is 11.6 Å². The molecule has 0 saturated heterocycles. The molecule has 0 radical (unpaired) electrons. The zero-order valence-electron chi connectivity index (χ0n) is 7.10. The molecule has 1 rings (SSSR count). The predicted octanol–water partition coefficient (Wildman–Crippen LogP) is 2.31. The molecule has 0 aliphatic carbocycles. The zero-order valence-corrected chi connectivity index (χ0v) is 8.68. The molecule has 0 aliphatic rings. The van der Waals surface area contributed by atoms with Crippen molar-refractivity contribution >= 4 is 15.9 Å². The second-order valence-electron chi connectivity index (χ2n) is 2.26. The smallest absolute Gasteiger partial charge is 0.207 e. The van der Waals surface area contributed by atoms with Gasteiger partial charge in [0.25, 0.3) is 0 Å². The second-order valence-corrected chi connectivity index (χ2v) is 3.11. The summed E-state index contributed by atoms with van der Waals surface area (Å²) in [5, 5.41) is 9.23. The minimum absolute atomic E-state index is 0.0191. The molecule has 72 valence electrons. The van der Waals surface area contributed by atoms with E-state index in [-0.39, 0.29) is 11.5 Å². The van der Waals surface area contributed by atoms with Crippen LogP contribution in [-0.2, 0) is 0 Å². The molecule has 1 aromatic rings. The fourth-order valence-electron chi connectivity index (χ4n) is 0.949. The number of ether oxygens (including phenoxy) is 2. The highest BCUT2D eigenvalue weighted by atomic mass is 79.9. The lowest BCUT2D eigenvalue weighted by Gasteiger charge is -2.11. The van der Waals surface area contributed by atoms with Gasteiger partial charge in [0, 0.05) is 0 Å². The van der Waals surface area contributed by atoms with Crippen molar-refractivity contribution in [1.29, 1.82) is 0 Å². The molecule has 0 heterocycles. The Hall–Kier alpha value is -0.970. The summed E-state index contributed by atoms with van der Waals surface area (Å²) in [6.07, 6.45) is 0. The Morgan fingerprint density at radius 3 is 2.31 bits per heavy atom. The number of benzene rings is 1. The molecular formula is C8H8BrFO3. The molecule has 0 bridgehead atoms. The van der Waals surface area contributed by atoms with Gasteiger partial charge in [0.05, 0.1) is 18.7 Å². The van der Waals surface area contributed by atoms with Gasteiger partial charge in [0.15, 0.2) is 17.3 Å². The zero-order chi connectivity index (χ0) is 10.0. The highest BCUT2D eigenvalue weighted by molar-refractivity contribution is 9.10. The van der Waals surface area contributed by atoms with E-state index in [1.807, 2.05) is 0 Å². The van der Waals surface area contributed by atoms with Crippen LogP contribution in [0, 0.1) is 5.82 Å². The first-order valence-electron chi connectivity index (χ1n) is 3.40. The van der Waals surface area contributed by atoms with Crippen LogP contribution in [-0.4, -0.2) is 19.3 Å². The molecule has 0 atom stereocenters. The quantitative estimate of drug-likeness (QED) is 0.876. The number of halogens is 2. The number of aromatic hydroxyl groups is 1. The molecule has 0 aliphatic heterocycles. The molecule has 0 aromatic heterocycles. The SMILES string of the molecule is COc1c(Br)cc(F)c(O)c1OC. The normalized spacial score (nSPS) is 9.85. The molecule has 0 amide bonds. The molecule has 1 aromatic carbocycles. The molecule has 13 heavy (non-hydrogen) atoms. The van der Waals surface area contributed by atoms with Gasteiger partial charge in [-0.05, 0) is 22.0 Å². The summed E-state index contributed by atoms with van der Waals surface area (Å²) in [6, 6.07) is 1.11. The molecule has 0 fully saturated rings. The first-order chi connectivity index (χ1) is 6.11. The second kappa shape index (κ2) is 3.83. The molecule has 1 N–H and O–H groups in total. The van der Waals surface area contributed by atoms with Crippen molar-refractivity contribution in [3.05, 3.63) is 16.4 Å². The summed E-state index contributed by atoms with van der Waals surface area (Å²) in [5.74, 6) is -1.07. The minimum Gasteiger partial charge on any atom is -0.502 e. The van der Waals surface area contributed by atoms with Crippen LogP contribution < -0.4 is 9.47 Å². The molecule has 5 heteroatoms. The Morgan fingerprint density at radius 2 is 1.85 bits per heavy atom. The summed E-state index contributed by atoms with van der Waals surface area (Å²) in [5.41, 5.74) is 0. The van der Waals surface area contributed by atoms with Gasteiger partial charge in [-0.25, -0.2) is 4.39 Å². The van der Waals surface area contributed by atoms with Gasteiger partial charge in [0.2, 0.25) is 5.75 Å². The number of rotatable bonds is 2. The van der Waals surface area contributed by atoms with Crippen molar-refractivity contribution in [3.63, 3.8) is 0 Å². The van der Waals surface area contributed by atoms with Crippen molar-refractivity contribution in [2.75, 3.05) is 14.2 Å². The van der Waals surface area contributed by atoms with Gasteiger partial charge in [-0.1, -0.05) is 0 Å². The number of phenolic OH excluding ortho intramolecular Hbond substituents is 1. The van der Waals surface area contributed by atoms with Crippen molar-refractivity contribution in [2.24, 2.45) is 0 Å². The van der Waals surface area contributed by atoms with Crippen LogP contribution in [0.25, 0.3) is 0 Å². The van der Waals surface area contributed by atoms with Crippen molar-refractivity contribution in [1.82, 2.24) is 0 Å². The fraction of sp³-hybridized carbons (Fsp3) is 0.250. The number of methoxy groups -OCH3 is 2. The Morgan fingerprint density at radius 1 is 1.31 bits per heavy atom. The van der Waals surface area contributed by atoms with Gasteiger partial charge in [-0.3, -0.25) is 0 Å². The maximum atomic E-state index is 12.9. The van der Waals surface area contributed by atoms with Crippen molar-refractivity contribution < 1.29 is 19.0 Å². The summed E-state index contributed by atoms with van der Waals surface area (Å²) >= 11 is 3.08. The van der Waals surface area contributed by atoms with Crippen LogP contribution in [0.3, 0.4) is 0 Å². The predicted molar refractivity (Wildman–Crippen MR) is 48.9 cm³/mol. The van der Waals surface area contributed by atoms with Crippen LogP contribution in [0.15, 0.2) is 10.5 Å². The molecule has 0 saturated carbocycles. The van der Waals surface area contributed by atoms with Gasteiger partial charge in [0.1, 0.15) is 0 Å². The highest BCUT2D eigenvalue weighted by Crippen LogP contribution is 2.43. The van der Waals surface area contributed by atoms with Gasteiger partial charge < -0.3 is 14.6 Å². The third-order valence-corrected chi connectivity index (χ3v) is 2.12. The van der Waals surface area contributed by atoms with E-state index in [4.69, 9.17) is 9.47 Å². The lowest BCUT2D eigenvalue weighted by atomic mass is 10.3. The van der Waals surface area contributed by atoms with Gasteiger partial charge in [-0.15, -0.1) is 0 Å². The van der Waals surface area contributed by atoms with E-state index in [2.05, 4.69) is 15.9 Å². The van der Waals surface area contributed by atoms with Crippen LogP contribution >= 0.6 is 15.9 Å². The summed E-state index contributed by atoms with van der Waals surface area (Å²) < 4.78 is 23.0. The number of hydrogen-bond acceptors (Lipinski definition) is 3. The Labute approximate surface area is 83.2 Å². The Balaban J connectivity index is 3.41. The van der Waals surface area contributed by atoms with Crippen LogP contribution in [0.4, 0.5) is 4.39 Å². The lowest BCUT2D eigenvalue weighted by Crippen LogP contribution is -1.93. The third kappa shape index (κ3) is 1.70. The van der Waals surface area contributed by atoms with E-state index in [1.165, 1.54) is 14.2 Å². The van der Waals surface area contributed by atoms with E-state index in [0.29, 0.717) is 4.47 Å². The van der Waals surface area contributed by atoms with E-state index in [0.717, 1.165) is 6.07 Å². The Bertz CT molecular complexity index is 328. The maximum absolute atomic E-state index is 12.9. The van der Waals surface area contributed by atoms with Crippen molar-refractivity contribution in [2.45, 2.75) is 0 Å². The van der Waals surface area contributed by atoms with Crippen LogP contribution in [0.5, 0.6) is 17.2 Å². The topological polar surface area (TPSA) is 38.7 Å². The molecule has 0 unspecified atom stereocenters. The third-order valence-electron chi connectivity index (χ3n) is 1.53. The molecule has 3 nitrogen and oxygen atoms in total. The average molecular weight is 251 g/mol. The maximum Gasteiger partial charge on any atom is 0.207 e. The van der Waals surface area contributed by atoms with E-state index >= 15 is 0 Å². The van der Waals surface area contributed by atoms with E-state index in [9.17, 15) is 9.50 Å². The fourth-order valence-corrected chi connectivity index (χ4v) is 1.49. The monoisotopic (exact) mass is 250 g/mol. The van der Waals surface area contributed by atoms with Crippen LogP contribution in [0.1, 0.15) is 0 Å². The first-order valence-corrected chi connectivity index (χ1v) is 4.20. The molecular weight excluding hydrogens is 243 g/mol. The van der Waals surface area contributed by atoms with Crippen LogP contribution in [0.2, 0.25) is 0 Å². The van der Waals surface area contributed by atoms with E-state index in [1.54, 1.807) is 0 Å². The largest absolute Gasteiger partial charge is 0.502 e. The number of hydrogen-bond donors (Lipinski definition) is 1. The highest BCUT2D eigenvalue weighted by Gasteiger charge is 2.17. The minimum atomic E-state index is -0.760. The first kappa shape index (κ1) is 10.1. The van der Waals surface area contributed by atoms with Crippen molar-refractivity contribution in [3.8, 4) is 17.2 Å². The summed E-state index contributed by atoms with van der Waals surface area (Å²) in [4.78, 5) is 0. The lowest BCUT2D eigenvalue weighted by molar-refractivity contribution is 0.321. The summed E-state index contributed by atoms with van der Waals surface area (Å²) in [7, 11) is 2.73. The Kier molecular flexibility index (Phi) is 2.98. The van der Waals surface area contributed by atoms with Gasteiger partial charge in [-0.2, -0.15) is 0 Å². The standard InChI is InChI=1S/C8H8BrFO3/c1-12-7-4(9)3-5(10)6(11)8(7)13-2/h3,11H,1-2H3.